The molecule has 8 nitrogen and oxygen atoms in total. The molecule has 2 heterocycles. The lowest BCUT2D eigenvalue weighted by Gasteiger charge is -2.31. The molecule has 1 aromatic carbocycles. The second kappa shape index (κ2) is 7.50. The largest absolute Gasteiger partial charge is 0.360 e. The number of hydrogen-bond acceptors (Lipinski definition) is 6. The molecule has 0 saturated carbocycles. The third-order valence-corrected chi connectivity index (χ3v) is 6.74. The van der Waals surface area contributed by atoms with Gasteiger partial charge >= 0.3 is 0 Å². The average Bonchev–Trinajstić information content (AvgIpc) is 3.01. The van der Waals surface area contributed by atoms with E-state index >= 15 is 0 Å². The van der Waals surface area contributed by atoms with Gasteiger partial charge in [0, 0.05) is 13.1 Å². The van der Waals surface area contributed by atoms with Crippen LogP contribution >= 0.6 is 0 Å². The Morgan fingerprint density at radius 3 is 2.78 bits per heavy atom. The highest BCUT2D eigenvalue weighted by molar-refractivity contribution is 7.89. The number of nitriles is 1. The predicted molar refractivity (Wildman–Crippen MR) is 97.2 cm³/mol. The van der Waals surface area contributed by atoms with Crippen molar-refractivity contribution in [3.8, 4) is 6.07 Å². The van der Waals surface area contributed by atoms with E-state index < -0.39 is 15.9 Å². The van der Waals surface area contributed by atoms with E-state index in [0.717, 1.165) is 0 Å². The van der Waals surface area contributed by atoms with Gasteiger partial charge in [-0.3, -0.25) is 4.79 Å². The van der Waals surface area contributed by atoms with Crippen LogP contribution in [0.15, 0.2) is 33.7 Å². The minimum absolute atomic E-state index is 0.0679. The molecule has 1 fully saturated rings. The van der Waals surface area contributed by atoms with Crippen molar-refractivity contribution in [3.63, 3.8) is 0 Å². The van der Waals surface area contributed by atoms with Gasteiger partial charge in [-0.25, -0.2) is 8.42 Å². The second-order valence-electron chi connectivity index (χ2n) is 6.50. The average molecular weight is 388 g/mol. The zero-order valence-electron chi connectivity index (χ0n) is 15.1. The maximum Gasteiger partial charge on any atom is 0.248 e. The lowest BCUT2D eigenvalue weighted by Crippen LogP contribution is -2.44. The van der Waals surface area contributed by atoms with Gasteiger partial charge in [0.1, 0.15) is 16.7 Å². The number of piperidine rings is 1. The van der Waals surface area contributed by atoms with Crippen LogP contribution in [0, 0.1) is 31.1 Å². The molecular weight excluding hydrogens is 368 g/mol. The van der Waals surface area contributed by atoms with E-state index in [1.165, 1.54) is 4.31 Å². The Balaban J connectivity index is 1.78. The fourth-order valence-electron chi connectivity index (χ4n) is 3.27. The second-order valence-corrected chi connectivity index (χ2v) is 8.38. The van der Waals surface area contributed by atoms with Crippen LogP contribution in [0.25, 0.3) is 0 Å². The standard InChI is InChI=1S/C18H20N4O4S/c1-12-17(13(2)26-21-12)27(24,25)22-9-5-7-15(11-22)18(23)20-16-8-4-3-6-14(16)10-19/h3-4,6,8,15H,5,7,9,11H2,1-2H3,(H,20,23). The molecule has 1 N–H and O–H groups in total. The highest BCUT2D eigenvalue weighted by Gasteiger charge is 2.36. The maximum atomic E-state index is 13.0. The first-order valence-corrected chi connectivity index (χ1v) is 10.0. The summed E-state index contributed by atoms with van der Waals surface area (Å²) in [5.41, 5.74) is 1.10. The molecule has 1 aromatic heterocycles. The van der Waals surface area contributed by atoms with Crippen molar-refractivity contribution in [3.05, 3.63) is 41.3 Å². The number of sulfonamides is 1. The number of amides is 1. The number of carbonyl (C=O) groups is 1. The zero-order valence-corrected chi connectivity index (χ0v) is 15.9. The molecule has 1 aliphatic heterocycles. The van der Waals surface area contributed by atoms with E-state index in [1.807, 2.05) is 6.07 Å². The van der Waals surface area contributed by atoms with Crippen LogP contribution in [0.3, 0.4) is 0 Å². The molecule has 9 heteroatoms. The number of aryl methyl sites for hydroxylation is 2. The maximum absolute atomic E-state index is 13.0. The number of aromatic nitrogens is 1. The Labute approximate surface area is 157 Å². The molecule has 0 radical (unpaired) electrons. The van der Waals surface area contributed by atoms with Gasteiger partial charge in [0.25, 0.3) is 0 Å². The predicted octanol–water partition coefficient (Wildman–Crippen LogP) is 2.20. The highest BCUT2D eigenvalue weighted by atomic mass is 32.2. The summed E-state index contributed by atoms with van der Waals surface area (Å²) in [5, 5.41) is 15.6. The summed E-state index contributed by atoms with van der Waals surface area (Å²) in [7, 11) is -3.79. The number of nitrogens with zero attached hydrogens (tertiary/aromatic N) is 3. The van der Waals surface area contributed by atoms with Crippen molar-refractivity contribution >= 4 is 21.6 Å². The molecule has 2 aromatic rings. The van der Waals surface area contributed by atoms with E-state index in [9.17, 15) is 13.2 Å². The molecule has 27 heavy (non-hydrogen) atoms. The van der Waals surface area contributed by atoms with Crippen molar-refractivity contribution < 1.29 is 17.7 Å². The monoisotopic (exact) mass is 388 g/mol. The highest BCUT2D eigenvalue weighted by Crippen LogP contribution is 2.28. The molecule has 0 spiro atoms. The van der Waals surface area contributed by atoms with Crippen LogP contribution < -0.4 is 5.32 Å². The lowest BCUT2D eigenvalue weighted by atomic mass is 9.98. The molecule has 142 valence electrons. The van der Waals surface area contributed by atoms with E-state index in [4.69, 9.17) is 9.78 Å². The van der Waals surface area contributed by atoms with Gasteiger partial charge in [-0.1, -0.05) is 17.3 Å². The van der Waals surface area contributed by atoms with Gasteiger partial charge in [0.05, 0.1) is 17.2 Å². The van der Waals surface area contributed by atoms with Gasteiger partial charge in [0.15, 0.2) is 5.76 Å². The van der Waals surface area contributed by atoms with Crippen LogP contribution in [-0.4, -0.2) is 36.9 Å². The van der Waals surface area contributed by atoms with E-state index in [2.05, 4.69) is 10.5 Å². The van der Waals surface area contributed by atoms with Gasteiger partial charge in [-0.15, -0.1) is 0 Å². The van der Waals surface area contributed by atoms with Crippen LogP contribution in [-0.2, 0) is 14.8 Å². The number of hydrogen-bond donors (Lipinski definition) is 1. The molecule has 1 aliphatic rings. The third kappa shape index (κ3) is 3.72. The summed E-state index contributed by atoms with van der Waals surface area (Å²) < 4.78 is 32.2. The van der Waals surface area contributed by atoms with Crippen LogP contribution in [0.4, 0.5) is 5.69 Å². The molecular formula is C18H20N4O4S. The smallest absolute Gasteiger partial charge is 0.248 e. The van der Waals surface area contributed by atoms with Gasteiger partial charge in [-0.05, 0) is 38.8 Å². The van der Waals surface area contributed by atoms with Crippen molar-refractivity contribution in [2.24, 2.45) is 5.92 Å². The van der Waals surface area contributed by atoms with Gasteiger partial charge in [0.2, 0.25) is 15.9 Å². The summed E-state index contributed by atoms with van der Waals surface area (Å²) in [4.78, 5) is 12.7. The van der Waals surface area contributed by atoms with Crippen LogP contribution in [0.5, 0.6) is 0 Å². The zero-order chi connectivity index (χ0) is 19.6. The fraction of sp³-hybridized carbons (Fsp3) is 0.389. The minimum atomic E-state index is -3.79. The van der Waals surface area contributed by atoms with E-state index in [-0.39, 0.29) is 23.1 Å². The summed E-state index contributed by atoms with van der Waals surface area (Å²) in [6, 6.07) is 8.74. The van der Waals surface area contributed by atoms with E-state index in [1.54, 1.807) is 38.1 Å². The Morgan fingerprint density at radius 2 is 2.11 bits per heavy atom. The topological polar surface area (TPSA) is 116 Å². The molecule has 0 aliphatic carbocycles. The number of rotatable bonds is 4. The Hall–Kier alpha value is -2.70. The van der Waals surface area contributed by atoms with Crippen molar-refractivity contribution in [1.29, 1.82) is 5.26 Å². The quantitative estimate of drug-likeness (QED) is 0.858. The lowest BCUT2D eigenvalue weighted by molar-refractivity contribution is -0.120. The number of para-hydroxylation sites is 1. The Morgan fingerprint density at radius 1 is 1.37 bits per heavy atom. The first kappa shape index (κ1) is 19.1. The van der Waals surface area contributed by atoms with Crippen LogP contribution in [0.2, 0.25) is 0 Å². The van der Waals surface area contributed by atoms with Crippen molar-refractivity contribution in [1.82, 2.24) is 9.46 Å². The first-order chi connectivity index (χ1) is 12.8. The number of nitrogens with one attached hydrogen (secondary N) is 1. The number of anilines is 1. The van der Waals surface area contributed by atoms with Crippen molar-refractivity contribution in [2.45, 2.75) is 31.6 Å². The molecule has 1 saturated heterocycles. The SMILES string of the molecule is Cc1noc(C)c1S(=O)(=O)N1CCCC(C(=O)Nc2ccccc2C#N)C1. The Bertz CT molecular complexity index is 987. The third-order valence-electron chi connectivity index (χ3n) is 4.63. The summed E-state index contributed by atoms with van der Waals surface area (Å²) in [6.45, 7) is 3.55. The minimum Gasteiger partial charge on any atom is -0.360 e. The van der Waals surface area contributed by atoms with Crippen molar-refractivity contribution in [2.75, 3.05) is 18.4 Å². The molecule has 1 atom stereocenters. The number of benzene rings is 1. The molecule has 1 unspecified atom stereocenters. The first-order valence-electron chi connectivity index (χ1n) is 8.57. The van der Waals surface area contributed by atoms with Gasteiger partial charge in [-0.2, -0.15) is 9.57 Å². The Kier molecular flexibility index (Phi) is 5.30. The molecule has 3 rings (SSSR count). The van der Waals surface area contributed by atoms with E-state index in [0.29, 0.717) is 36.3 Å². The fourth-order valence-corrected chi connectivity index (χ4v) is 5.09. The van der Waals surface area contributed by atoms with Gasteiger partial charge < -0.3 is 9.84 Å². The molecule has 1 amide bonds. The summed E-state index contributed by atoms with van der Waals surface area (Å²) in [6.07, 6.45) is 1.15. The number of carbonyl (C=O) groups excluding carboxylic acids is 1. The summed E-state index contributed by atoms with van der Waals surface area (Å²) >= 11 is 0. The van der Waals surface area contributed by atoms with Crippen LogP contribution in [0.1, 0.15) is 29.9 Å². The normalized spacial score (nSPS) is 18.0. The molecule has 0 bridgehead atoms. The summed E-state index contributed by atoms with van der Waals surface area (Å²) in [5.74, 6) is -0.556.